The second kappa shape index (κ2) is 8.25. The predicted octanol–water partition coefficient (Wildman–Crippen LogP) is 4.98. The lowest BCUT2D eigenvalue weighted by atomic mass is 10.00. The highest BCUT2D eigenvalue weighted by molar-refractivity contribution is 7.89. The van der Waals surface area contributed by atoms with Crippen LogP contribution in [0.15, 0.2) is 57.9 Å². The van der Waals surface area contributed by atoms with Crippen molar-refractivity contribution >= 4 is 21.6 Å². The molecule has 0 spiro atoms. The standard InChI is InChI=1S/C20H17ClF3N3O3S/c21-16-8-6-13(7-9-16)18-25-19(30-26-18)14-3-2-10-27(12-14)31(28,29)17-5-1-4-15(11-17)20(22,23)24/h1,4-9,11,14H,2-3,10,12H2/t14-/m1/s1. The molecule has 0 bridgehead atoms. The largest absolute Gasteiger partial charge is 0.416 e. The number of halogens is 4. The summed E-state index contributed by atoms with van der Waals surface area (Å²) in [4.78, 5) is 3.99. The van der Waals surface area contributed by atoms with Crippen molar-refractivity contribution in [3.8, 4) is 11.4 Å². The first-order valence-corrected chi connectivity index (χ1v) is 11.2. The molecule has 1 fully saturated rings. The minimum absolute atomic E-state index is 0.0425. The first-order valence-electron chi connectivity index (χ1n) is 9.41. The summed E-state index contributed by atoms with van der Waals surface area (Å²) in [5.74, 6) is 0.279. The van der Waals surface area contributed by atoms with Crippen LogP contribution in [0.25, 0.3) is 11.4 Å². The van der Waals surface area contributed by atoms with Crippen LogP contribution in [0.2, 0.25) is 5.02 Å². The highest BCUT2D eigenvalue weighted by Crippen LogP contribution is 2.34. The molecule has 6 nitrogen and oxygen atoms in total. The van der Waals surface area contributed by atoms with Gasteiger partial charge in [0.05, 0.1) is 16.4 Å². The molecule has 164 valence electrons. The number of nitrogens with zero attached hydrogens (tertiary/aromatic N) is 3. The maximum atomic E-state index is 13.0. The Kier molecular flexibility index (Phi) is 5.80. The van der Waals surface area contributed by atoms with Crippen molar-refractivity contribution in [2.75, 3.05) is 13.1 Å². The van der Waals surface area contributed by atoms with E-state index in [2.05, 4.69) is 10.1 Å². The number of rotatable bonds is 4. The van der Waals surface area contributed by atoms with Gasteiger partial charge in [-0.3, -0.25) is 0 Å². The van der Waals surface area contributed by atoms with Crippen molar-refractivity contribution in [3.63, 3.8) is 0 Å². The third kappa shape index (κ3) is 4.60. The Morgan fingerprint density at radius 3 is 2.58 bits per heavy atom. The quantitative estimate of drug-likeness (QED) is 0.536. The van der Waals surface area contributed by atoms with Crippen LogP contribution in [-0.2, 0) is 16.2 Å². The normalized spacial score (nSPS) is 18.3. The highest BCUT2D eigenvalue weighted by atomic mass is 35.5. The van der Waals surface area contributed by atoms with Gasteiger partial charge in [-0.1, -0.05) is 22.8 Å². The van der Waals surface area contributed by atoms with Crippen molar-refractivity contribution in [1.82, 2.24) is 14.4 Å². The van der Waals surface area contributed by atoms with Crippen LogP contribution in [0.5, 0.6) is 0 Å². The average molecular weight is 472 g/mol. The van der Waals surface area contributed by atoms with Crippen molar-refractivity contribution in [3.05, 3.63) is 65.0 Å². The maximum absolute atomic E-state index is 13.0. The molecular formula is C20H17ClF3N3O3S. The van der Waals surface area contributed by atoms with Gasteiger partial charge in [0.2, 0.25) is 21.7 Å². The fourth-order valence-corrected chi connectivity index (χ4v) is 5.16. The molecule has 1 aliphatic rings. The first kappa shape index (κ1) is 21.8. The Hall–Kier alpha value is -2.43. The van der Waals surface area contributed by atoms with E-state index in [0.29, 0.717) is 35.3 Å². The molecule has 1 aliphatic heterocycles. The SMILES string of the molecule is O=S(=O)(c1cccc(C(F)(F)F)c1)N1CCC[C@@H](c2nc(-c3ccc(Cl)cc3)no2)C1. The van der Waals surface area contributed by atoms with E-state index in [4.69, 9.17) is 16.1 Å². The second-order valence-electron chi connectivity index (χ2n) is 7.19. The van der Waals surface area contributed by atoms with Gasteiger partial charge in [0.15, 0.2) is 0 Å². The van der Waals surface area contributed by atoms with Crippen LogP contribution in [0.4, 0.5) is 13.2 Å². The number of hydrogen-bond acceptors (Lipinski definition) is 5. The van der Waals surface area contributed by atoms with Crippen molar-refractivity contribution in [2.45, 2.75) is 29.8 Å². The summed E-state index contributed by atoms with van der Waals surface area (Å²) in [6.45, 7) is 0.244. The van der Waals surface area contributed by atoms with E-state index in [9.17, 15) is 21.6 Å². The van der Waals surface area contributed by atoms with Crippen molar-refractivity contribution < 1.29 is 26.1 Å². The number of sulfonamides is 1. The van der Waals surface area contributed by atoms with E-state index in [1.807, 2.05) is 0 Å². The molecule has 1 saturated heterocycles. The van der Waals surface area contributed by atoms with Crippen molar-refractivity contribution in [1.29, 1.82) is 0 Å². The van der Waals surface area contributed by atoms with Gasteiger partial charge in [-0.2, -0.15) is 22.5 Å². The van der Waals surface area contributed by atoms with Gasteiger partial charge in [-0.25, -0.2) is 8.42 Å². The van der Waals surface area contributed by atoms with Crippen LogP contribution < -0.4 is 0 Å². The fraction of sp³-hybridized carbons (Fsp3) is 0.300. The molecule has 2 heterocycles. The first-order chi connectivity index (χ1) is 14.6. The summed E-state index contributed by atoms with van der Waals surface area (Å²) in [7, 11) is -4.11. The molecule has 3 aromatic rings. The zero-order valence-corrected chi connectivity index (χ0v) is 17.6. The lowest BCUT2D eigenvalue weighted by molar-refractivity contribution is -0.137. The Bertz CT molecular complexity index is 1180. The number of piperidine rings is 1. The zero-order valence-electron chi connectivity index (χ0n) is 16.0. The molecule has 0 amide bonds. The van der Waals surface area contributed by atoms with Crippen LogP contribution in [0.1, 0.15) is 30.2 Å². The molecule has 11 heteroatoms. The third-order valence-electron chi connectivity index (χ3n) is 5.08. The molecule has 0 unspecified atom stereocenters. The van der Waals surface area contributed by atoms with Gasteiger partial charge in [0.25, 0.3) is 0 Å². The lowest BCUT2D eigenvalue weighted by Gasteiger charge is -2.30. The van der Waals surface area contributed by atoms with Gasteiger partial charge < -0.3 is 4.52 Å². The van der Waals surface area contributed by atoms with Crippen LogP contribution in [0, 0.1) is 0 Å². The number of benzene rings is 2. The van der Waals surface area contributed by atoms with E-state index in [1.54, 1.807) is 24.3 Å². The van der Waals surface area contributed by atoms with Crippen LogP contribution >= 0.6 is 11.6 Å². The Labute approximate surface area is 181 Å². The predicted molar refractivity (Wildman–Crippen MR) is 107 cm³/mol. The number of aromatic nitrogens is 2. The van der Waals surface area contributed by atoms with Gasteiger partial charge >= 0.3 is 6.18 Å². The smallest absolute Gasteiger partial charge is 0.339 e. The number of hydrogen-bond donors (Lipinski definition) is 0. The van der Waals surface area contributed by atoms with E-state index < -0.39 is 26.7 Å². The highest BCUT2D eigenvalue weighted by Gasteiger charge is 2.36. The van der Waals surface area contributed by atoms with E-state index in [1.165, 1.54) is 10.4 Å². The molecule has 2 aromatic carbocycles. The van der Waals surface area contributed by atoms with Gasteiger partial charge in [0, 0.05) is 23.7 Å². The summed E-state index contributed by atoms with van der Waals surface area (Å²) in [6.07, 6.45) is -3.49. The molecule has 1 aromatic heterocycles. The molecule has 31 heavy (non-hydrogen) atoms. The zero-order chi connectivity index (χ0) is 22.2. The molecule has 0 saturated carbocycles. The summed E-state index contributed by atoms with van der Waals surface area (Å²) in [5.41, 5.74) is -0.310. The Morgan fingerprint density at radius 2 is 1.87 bits per heavy atom. The van der Waals surface area contributed by atoms with Crippen molar-refractivity contribution in [2.24, 2.45) is 0 Å². The molecule has 1 atom stereocenters. The molecule has 4 rings (SSSR count). The molecule has 0 radical (unpaired) electrons. The Balaban J connectivity index is 1.55. The van der Waals surface area contributed by atoms with E-state index in [0.717, 1.165) is 12.1 Å². The van der Waals surface area contributed by atoms with Crippen LogP contribution in [-0.4, -0.2) is 36.0 Å². The molecular weight excluding hydrogens is 455 g/mol. The van der Waals surface area contributed by atoms with Gasteiger partial charge in [-0.05, 0) is 55.3 Å². The second-order valence-corrected chi connectivity index (χ2v) is 9.57. The summed E-state index contributed by atoms with van der Waals surface area (Å²) in [6, 6.07) is 10.6. The average Bonchev–Trinajstić information content (AvgIpc) is 3.24. The summed E-state index contributed by atoms with van der Waals surface area (Å²) < 4.78 is 71.5. The summed E-state index contributed by atoms with van der Waals surface area (Å²) >= 11 is 5.88. The monoisotopic (exact) mass is 471 g/mol. The fourth-order valence-electron chi connectivity index (χ4n) is 3.46. The van der Waals surface area contributed by atoms with E-state index >= 15 is 0 Å². The number of alkyl halides is 3. The topological polar surface area (TPSA) is 76.3 Å². The third-order valence-corrected chi connectivity index (χ3v) is 7.19. The van der Waals surface area contributed by atoms with Gasteiger partial charge in [-0.15, -0.1) is 0 Å². The molecule has 0 aliphatic carbocycles. The maximum Gasteiger partial charge on any atom is 0.416 e. The minimum atomic E-state index is -4.63. The minimum Gasteiger partial charge on any atom is -0.339 e. The lowest BCUT2D eigenvalue weighted by Crippen LogP contribution is -2.39. The summed E-state index contributed by atoms with van der Waals surface area (Å²) in [5, 5.41) is 4.52. The van der Waals surface area contributed by atoms with E-state index in [-0.39, 0.29) is 24.9 Å². The Morgan fingerprint density at radius 1 is 1.13 bits per heavy atom. The molecule has 0 N–H and O–H groups in total. The van der Waals surface area contributed by atoms with Gasteiger partial charge in [0.1, 0.15) is 0 Å². The van der Waals surface area contributed by atoms with Crippen LogP contribution in [0.3, 0.4) is 0 Å².